The second-order valence-electron chi connectivity index (χ2n) is 7.28. The van der Waals surface area contributed by atoms with Crippen molar-refractivity contribution in [3.05, 3.63) is 71.8 Å². The number of carbonyl (C=O) groups is 2. The lowest BCUT2D eigenvalue weighted by Crippen LogP contribution is -2.38. The summed E-state index contributed by atoms with van der Waals surface area (Å²) in [5, 5.41) is 11.8. The highest BCUT2D eigenvalue weighted by molar-refractivity contribution is 7.98. The first kappa shape index (κ1) is 21.0. The van der Waals surface area contributed by atoms with Gasteiger partial charge in [0.15, 0.2) is 11.0 Å². The van der Waals surface area contributed by atoms with Gasteiger partial charge in [-0.15, -0.1) is 10.2 Å². The number of thioether (sulfide) groups is 1. The Bertz CT molecular complexity index is 1070. The number of amides is 2. The molecule has 0 radical (unpaired) electrons. The normalized spacial score (nSPS) is 16.0. The van der Waals surface area contributed by atoms with Gasteiger partial charge in [0, 0.05) is 24.6 Å². The highest BCUT2D eigenvalue weighted by atomic mass is 32.2. The van der Waals surface area contributed by atoms with Gasteiger partial charge in [0.25, 0.3) is 0 Å². The molecule has 31 heavy (non-hydrogen) atoms. The third-order valence-corrected chi connectivity index (χ3v) is 5.86. The molecule has 1 aliphatic rings. The minimum absolute atomic E-state index is 0.00222. The monoisotopic (exact) mass is 439 g/mol. The number of aromatic nitrogens is 3. The Balaban J connectivity index is 1.39. The van der Waals surface area contributed by atoms with E-state index in [1.807, 2.05) is 36.6 Å². The quantitative estimate of drug-likeness (QED) is 0.573. The highest BCUT2D eigenvalue weighted by Gasteiger charge is 2.31. The lowest BCUT2D eigenvalue weighted by atomic mass is 9.99. The van der Waals surface area contributed by atoms with Crippen LogP contribution in [0.15, 0.2) is 59.8 Å². The zero-order valence-corrected chi connectivity index (χ0v) is 17.8. The Morgan fingerprint density at radius 2 is 1.90 bits per heavy atom. The van der Waals surface area contributed by atoms with Gasteiger partial charge >= 0.3 is 0 Å². The van der Waals surface area contributed by atoms with Gasteiger partial charge in [-0.1, -0.05) is 42.1 Å². The Morgan fingerprint density at radius 1 is 1.16 bits per heavy atom. The summed E-state index contributed by atoms with van der Waals surface area (Å²) in [5.41, 5.74) is 1.82. The molecule has 1 N–H and O–H groups in total. The maximum absolute atomic E-state index is 13.3. The standard InChI is InChI=1S/C22H22FN5O2S/c1-31-22-26-25-19(28(22)18-9-7-17(23)8-10-18)12-24-20(29)14-27-13-16(11-21(27)30)15-5-3-2-4-6-15/h2-10,16H,11-14H2,1H3,(H,24,29). The summed E-state index contributed by atoms with van der Waals surface area (Å²) in [4.78, 5) is 26.5. The van der Waals surface area contributed by atoms with E-state index in [1.54, 1.807) is 21.6 Å². The van der Waals surface area contributed by atoms with E-state index < -0.39 is 0 Å². The first-order chi connectivity index (χ1) is 15.0. The Kier molecular flexibility index (Phi) is 6.31. The van der Waals surface area contributed by atoms with Gasteiger partial charge in [-0.05, 0) is 36.1 Å². The van der Waals surface area contributed by atoms with E-state index in [0.717, 1.165) is 5.56 Å². The summed E-state index contributed by atoms with van der Waals surface area (Å²) < 4.78 is 15.1. The summed E-state index contributed by atoms with van der Waals surface area (Å²) in [6.45, 7) is 0.675. The van der Waals surface area contributed by atoms with Gasteiger partial charge < -0.3 is 10.2 Å². The first-order valence-electron chi connectivity index (χ1n) is 9.89. The zero-order chi connectivity index (χ0) is 21.8. The minimum Gasteiger partial charge on any atom is -0.347 e. The fourth-order valence-electron chi connectivity index (χ4n) is 3.68. The number of hydrogen-bond acceptors (Lipinski definition) is 5. The molecule has 0 bridgehead atoms. The maximum Gasteiger partial charge on any atom is 0.240 e. The second kappa shape index (κ2) is 9.30. The molecule has 1 aliphatic heterocycles. The van der Waals surface area contributed by atoms with Crippen LogP contribution in [0.3, 0.4) is 0 Å². The molecule has 0 saturated carbocycles. The average Bonchev–Trinajstić information content (AvgIpc) is 3.36. The summed E-state index contributed by atoms with van der Waals surface area (Å²) in [6.07, 6.45) is 2.28. The van der Waals surface area contributed by atoms with E-state index in [9.17, 15) is 14.0 Å². The van der Waals surface area contributed by atoms with Gasteiger partial charge in [-0.25, -0.2) is 4.39 Å². The fourth-order valence-corrected chi connectivity index (χ4v) is 4.19. The van der Waals surface area contributed by atoms with Crippen LogP contribution in [0.5, 0.6) is 0 Å². The van der Waals surface area contributed by atoms with Crippen LogP contribution in [-0.4, -0.2) is 50.8 Å². The third-order valence-electron chi connectivity index (χ3n) is 5.23. The van der Waals surface area contributed by atoms with E-state index in [2.05, 4.69) is 15.5 Å². The van der Waals surface area contributed by atoms with E-state index in [0.29, 0.717) is 29.6 Å². The van der Waals surface area contributed by atoms with Crippen molar-refractivity contribution in [2.45, 2.75) is 24.0 Å². The molecular formula is C22H22FN5O2S. The first-order valence-corrected chi connectivity index (χ1v) is 11.1. The zero-order valence-electron chi connectivity index (χ0n) is 17.0. The number of hydrogen-bond donors (Lipinski definition) is 1. The van der Waals surface area contributed by atoms with Crippen LogP contribution in [-0.2, 0) is 16.1 Å². The third kappa shape index (κ3) is 4.77. The fraction of sp³-hybridized carbons (Fsp3) is 0.273. The van der Waals surface area contributed by atoms with Crippen molar-refractivity contribution in [2.75, 3.05) is 19.3 Å². The largest absolute Gasteiger partial charge is 0.347 e. The molecule has 9 heteroatoms. The van der Waals surface area contributed by atoms with Gasteiger partial charge in [-0.3, -0.25) is 14.2 Å². The molecule has 0 spiro atoms. The number of benzene rings is 2. The molecule has 7 nitrogen and oxygen atoms in total. The van der Waals surface area contributed by atoms with Crippen molar-refractivity contribution in [3.63, 3.8) is 0 Å². The molecule has 2 amide bonds. The molecule has 2 aromatic carbocycles. The van der Waals surface area contributed by atoms with Gasteiger partial charge in [0.2, 0.25) is 11.8 Å². The van der Waals surface area contributed by atoms with Crippen LogP contribution >= 0.6 is 11.8 Å². The molecule has 1 fully saturated rings. The number of nitrogens with zero attached hydrogens (tertiary/aromatic N) is 4. The van der Waals surface area contributed by atoms with Crippen molar-refractivity contribution in [2.24, 2.45) is 0 Å². The van der Waals surface area contributed by atoms with E-state index in [1.165, 1.54) is 23.9 Å². The predicted molar refractivity (Wildman–Crippen MR) is 115 cm³/mol. The Morgan fingerprint density at radius 3 is 2.61 bits per heavy atom. The predicted octanol–water partition coefficient (Wildman–Crippen LogP) is 2.76. The van der Waals surface area contributed by atoms with E-state index in [4.69, 9.17) is 0 Å². The van der Waals surface area contributed by atoms with Crippen LogP contribution in [0.4, 0.5) is 4.39 Å². The number of rotatable bonds is 7. The lowest BCUT2D eigenvalue weighted by Gasteiger charge is -2.16. The van der Waals surface area contributed by atoms with Crippen LogP contribution < -0.4 is 5.32 Å². The van der Waals surface area contributed by atoms with Crippen molar-refractivity contribution in [1.29, 1.82) is 0 Å². The topological polar surface area (TPSA) is 80.1 Å². The highest BCUT2D eigenvalue weighted by Crippen LogP contribution is 2.27. The number of nitrogens with one attached hydrogen (secondary N) is 1. The second-order valence-corrected chi connectivity index (χ2v) is 8.05. The Labute approximate surface area is 183 Å². The molecule has 1 aromatic heterocycles. The summed E-state index contributed by atoms with van der Waals surface area (Å²) in [6, 6.07) is 15.9. The van der Waals surface area contributed by atoms with Crippen LogP contribution in [0.2, 0.25) is 0 Å². The molecule has 160 valence electrons. The van der Waals surface area contributed by atoms with E-state index in [-0.39, 0.29) is 36.6 Å². The summed E-state index contributed by atoms with van der Waals surface area (Å²) in [7, 11) is 0. The number of halogens is 1. The summed E-state index contributed by atoms with van der Waals surface area (Å²) in [5.74, 6) is 0.0115. The lowest BCUT2D eigenvalue weighted by molar-refractivity contribution is -0.133. The van der Waals surface area contributed by atoms with Crippen LogP contribution in [0.25, 0.3) is 5.69 Å². The van der Waals surface area contributed by atoms with Crippen molar-refractivity contribution >= 4 is 23.6 Å². The van der Waals surface area contributed by atoms with Gasteiger partial charge in [-0.2, -0.15) is 0 Å². The smallest absolute Gasteiger partial charge is 0.240 e. The van der Waals surface area contributed by atoms with Crippen molar-refractivity contribution in [1.82, 2.24) is 25.0 Å². The molecule has 1 unspecified atom stereocenters. The molecule has 1 saturated heterocycles. The molecular weight excluding hydrogens is 417 g/mol. The van der Waals surface area contributed by atoms with E-state index >= 15 is 0 Å². The maximum atomic E-state index is 13.3. The SMILES string of the molecule is CSc1nnc(CNC(=O)CN2CC(c3ccccc3)CC2=O)n1-c1ccc(F)cc1. The minimum atomic E-state index is -0.332. The van der Waals surface area contributed by atoms with Gasteiger partial charge in [0.05, 0.1) is 13.1 Å². The molecule has 4 rings (SSSR count). The number of likely N-dealkylation sites (tertiary alicyclic amines) is 1. The van der Waals surface area contributed by atoms with Crippen molar-refractivity contribution < 1.29 is 14.0 Å². The molecule has 2 heterocycles. The molecule has 0 aliphatic carbocycles. The Hall–Kier alpha value is -3.20. The molecule has 3 aromatic rings. The average molecular weight is 440 g/mol. The van der Waals surface area contributed by atoms with Crippen LogP contribution in [0.1, 0.15) is 23.7 Å². The number of carbonyl (C=O) groups excluding carboxylic acids is 2. The van der Waals surface area contributed by atoms with Crippen LogP contribution in [0, 0.1) is 5.82 Å². The van der Waals surface area contributed by atoms with Crippen molar-refractivity contribution in [3.8, 4) is 5.69 Å². The molecule has 1 atom stereocenters. The van der Waals surface area contributed by atoms with Gasteiger partial charge in [0.1, 0.15) is 5.82 Å². The summed E-state index contributed by atoms with van der Waals surface area (Å²) >= 11 is 1.40.